The molecule has 0 amide bonds. The van der Waals surface area contributed by atoms with Crippen LogP contribution in [0.25, 0.3) is 21.5 Å². The zero-order valence-electron chi connectivity index (χ0n) is 18.1. The number of ether oxygens (including phenoxy) is 2. The summed E-state index contributed by atoms with van der Waals surface area (Å²) in [7, 11) is 0. The smallest absolute Gasteiger partial charge is 0.507 e. The van der Waals surface area contributed by atoms with Gasteiger partial charge in [-0.25, -0.2) is 4.79 Å². The van der Waals surface area contributed by atoms with Crippen molar-refractivity contribution in [3.8, 4) is 17.2 Å². The van der Waals surface area contributed by atoms with E-state index < -0.39 is 6.16 Å². The predicted octanol–water partition coefficient (Wildman–Crippen LogP) is 7.20. The molecule has 0 spiro atoms. The van der Waals surface area contributed by atoms with Crippen LogP contribution in [0.3, 0.4) is 0 Å². The maximum Gasteiger partial charge on any atom is 0.519 e. The minimum Gasteiger partial charge on any atom is -0.507 e. The van der Waals surface area contributed by atoms with E-state index in [0.29, 0.717) is 29.1 Å². The van der Waals surface area contributed by atoms with Gasteiger partial charge in [0.05, 0.1) is 0 Å². The molecule has 0 radical (unpaired) electrons. The lowest BCUT2D eigenvalue weighted by Gasteiger charge is -2.23. The monoisotopic (exact) mass is 424 g/mol. The van der Waals surface area contributed by atoms with Crippen LogP contribution in [0.4, 0.5) is 4.79 Å². The van der Waals surface area contributed by atoms with Gasteiger partial charge in [-0.1, -0.05) is 55.5 Å². The summed E-state index contributed by atoms with van der Waals surface area (Å²) >= 11 is 0. The molecule has 32 heavy (non-hydrogen) atoms. The molecule has 4 aromatic carbocycles. The number of carbonyl (C=O) groups excluding carboxylic acids is 1. The number of hydrogen-bond acceptors (Lipinski definition) is 4. The molecule has 0 saturated heterocycles. The second-order valence-corrected chi connectivity index (χ2v) is 9.12. The summed E-state index contributed by atoms with van der Waals surface area (Å²) in [6, 6.07) is 19.3. The standard InChI is InChI=1S/C28H24O4/c1-15-6-5-9-22-23(15)27(25-21-13-12-20(16(21)2)24(25)26(22)29)32-28(30)31-19-11-10-17-7-3-4-8-18(17)14-19/h3-11,14,16,20-21,29H,12-13H2,1-2H3. The van der Waals surface area contributed by atoms with Crippen LogP contribution in [0, 0.1) is 12.8 Å². The van der Waals surface area contributed by atoms with E-state index in [1.165, 1.54) is 0 Å². The van der Waals surface area contributed by atoms with E-state index in [0.717, 1.165) is 51.1 Å². The highest BCUT2D eigenvalue weighted by Crippen LogP contribution is 2.63. The van der Waals surface area contributed by atoms with Crippen molar-refractivity contribution in [3.05, 3.63) is 77.4 Å². The van der Waals surface area contributed by atoms with Gasteiger partial charge in [-0.15, -0.1) is 0 Å². The van der Waals surface area contributed by atoms with Gasteiger partial charge < -0.3 is 14.6 Å². The van der Waals surface area contributed by atoms with E-state index in [1.54, 1.807) is 6.07 Å². The highest BCUT2D eigenvalue weighted by molar-refractivity contribution is 6.00. The first-order valence-corrected chi connectivity index (χ1v) is 11.2. The van der Waals surface area contributed by atoms with Gasteiger partial charge in [0, 0.05) is 21.9 Å². The minimum atomic E-state index is -0.756. The highest BCUT2D eigenvalue weighted by Gasteiger charge is 2.48. The second-order valence-electron chi connectivity index (χ2n) is 9.12. The molecule has 4 aromatic rings. The van der Waals surface area contributed by atoms with Crippen LogP contribution in [-0.2, 0) is 0 Å². The summed E-state index contributed by atoms with van der Waals surface area (Å²) in [5.41, 5.74) is 2.91. The van der Waals surface area contributed by atoms with Gasteiger partial charge in [-0.3, -0.25) is 0 Å². The third-order valence-corrected chi connectivity index (χ3v) is 7.45. The molecule has 2 bridgehead atoms. The third kappa shape index (κ3) is 2.72. The van der Waals surface area contributed by atoms with Crippen molar-refractivity contribution in [3.63, 3.8) is 0 Å². The maximum absolute atomic E-state index is 12.9. The predicted molar refractivity (Wildman–Crippen MR) is 125 cm³/mol. The van der Waals surface area contributed by atoms with Crippen LogP contribution in [0.2, 0.25) is 0 Å². The molecule has 160 valence electrons. The Morgan fingerprint density at radius 1 is 0.906 bits per heavy atom. The molecular weight excluding hydrogens is 400 g/mol. The summed E-state index contributed by atoms with van der Waals surface area (Å²) in [6.45, 7) is 4.21. The number of hydrogen-bond donors (Lipinski definition) is 1. The molecule has 1 saturated carbocycles. The number of aryl methyl sites for hydroxylation is 1. The van der Waals surface area contributed by atoms with Crippen LogP contribution >= 0.6 is 0 Å². The van der Waals surface area contributed by atoms with E-state index in [4.69, 9.17) is 9.47 Å². The van der Waals surface area contributed by atoms with Crippen molar-refractivity contribution in [2.75, 3.05) is 0 Å². The average molecular weight is 424 g/mol. The zero-order valence-corrected chi connectivity index (χ0v) is 18.1. The van der Waals surface area contributed by atoms with E-state index >= 15 is 0 Å². The number of phenols is 1. The van der Waals surface area contributed by atoms with Gasteiger partial charge in [0.25, 0.3) is 0 Å². The van der Waals surface area contributed by atoms with Crippen molar-refractivity contribution in [1.82, 2.24) is 0 Å². The molecular formula is C28H24O4. The van der Waals surface area contributed by atoms with Gasteiger partial charge in [-0.05, 0) is 66.0 Å². The molecule has 4 nitrogen and oxygen atoms in total. The molecule has 2 aliphatic rings. The molecule has 1 fully saturated rings. The Morgan fingerprint density at radius 2 is 1.66 bits per heavy atom. The Balaban J connectivity index is 1.43. The fourth-order valence-corrected chi connectivity index (χ4v) is 5.96. The third-order valence-electron chi connectivity index (χ3n) is 7.45. The largest absolute Gasteiger partial charge is 0.519 e. The van der Waals surface area contributed by atoms with Gasteiger partial charge >= 0.3 is 6.16 Å². The van der Waals surface area contributed by atoms with Crippen LogP contribution in [0.5, 0.6) is 17.2 Å². The first kappa shape index (κ1) is 19.2. The summed E-state index contributed by atoms with van der Waals surface area (Å²) < 4.78 is 11.5. The van der Waals surface area contributed by atoms with Crippen LogP contribution in [0.1, 0.15) is 48.3 Å². The SMILES string of the molecule is Cc1cccc2c(O)c3c(c(OC(=O)Oc4ccc5ccccc5c4)c12)C1CCC3C1C. The van der Waals surface area contributed by atoms with Crippen LogP contribution < -0.4 is 9.47 Å². The minimum absolute atomic E-state index is 0.286. The Labute approximate surface area is 186 Å². The number of rotatable bonds is 2. The molecule has 1 N–H and O–H groups in total. The van der Waals surface area contributed by atoms with E-state index in [9.17, 15) is 9.90 Å². The Hall–Kier alpha value is -3.53. The molecule has 6 rings (SSSR count). The van der Waals surface area contributed by atoms with Crippen molar-refractivity contribution >= 4 is 27.7 Å². The number of fused-ring (bicyclic) bond motifs is 7. The number of carbonyl (C=O) groups is 1. The molecule has 0 heterocycles. The lowest BCUT2D eigenvalue weighted by Crippen LogP contribution is -2.16. The number of phenolic OH excluding ortho intramolecular Hbond substituents is 1. The normalized spacial score (nSPS) is 21.1. The van der Waals surface area contributed by atoms with Gasteiger partial charge in [-0.2, -0.15) is 0 Å². The van der Waals surface area contributed by atoms with E-state index in [1.807, 2.05) is 61.5 Å². The Morgan fingerprint density at radius 3 is 2.47 bits per heavy atom. The van der Waals surface area contributed by atoms with E-state index in [-0.39, 0.29) is 5.92 Å². The maximum atomic E-state index is 12.9. The summed E-state index contributed by atoms with van der Waals surface area (Å²) in [5.74, 6) is 2.35. The van der Waals surface area contributed by atoms with Crippen LogP contribution in [-0.4, -0.2) is 11.3 Å². The lowest BCUT2D eigenvalue weighted by molar-refractivity contribution is 0.152. The first-order valence-electron chi connectivity index (χ1n) is 11.2. The van der Waals surface area contributed by atoms with Gasteiger partial charge in [0.1, 0.15) is 17.2 Å². The number of benzene rings is 4. The van der Waals surface area contributed by atoms with Crippen LogP contribution in [0.15, 0.2) is 60.7 Å². The average Bonchev–Trinajstić information content (AvgIpc) is 3.29. The van der Waals surface area contributed by atoms with Crippen molar-refractivity contribution in [1.29, 1.82) is 0 Å². The second kappa shape index (κ2) is 6.99. The topological polar surface area (TPSA) is 55.8 Å². The van der Waals surface area contributed by atoms with Gasteiger partial charge in [0.2, 0.25) is 0 Å². The molecule has 0 aliphatic heterocycles. The van der Waals surface area contributed by atoms with Gasteiger partial charge in [0.15, 0.2) is 0 Å². The molecule has 2 aliphatic carbocycles. The summed E-state index contributed by atoms with van der Waals surface area (Å²) in [5, 5.41) is 14.8. The number of aromatic hydroxyl groups is 1. The van der Waals surface area contributed by atoms with Crippen molar-refractivity contribution in [2.24, 2.45) is 5.92 Å². The Kier molecular flexibility index (Phi) is 4.19. The molecule has 3 atom stereocenters. The fraction of sp³-hybridized carbons (Fsp3) is 0.250. The first-order chi connectivity index (χ1) is 15.5. The molecule has 0 aromatic heterocycles. The highest BCUT2D eigenvalue weighted by atomic mass is 16.7. The Bertz CT molecular complexity index is 1400. The fourth-order valence-electron chi connectivity index (χ4n) is 5.96. The van der Waals surface area contributed by atoms with E-state index in [2.05, 4.69) is 6.92 Å². The van der Waals surface area contributed by atoms with Crippen molar-refractivity contribution < 1.29 is 19.4 Å². The summed E-state index contributed by atoms with van der Waals surface area (Å²) in [6.07, 6.45) is 1.35. The lowest BCUT2D eigenvalue weighted by atomic mass is 9.86. The van der Waals surface area contributed by atoms with Crippen molar-refractivity contribution in [2.45, 2.75) is 38.5 Å². The molecule has 4 heteroatoms. The zero-order chi connectivity index (χ0) is 22.0. The quantitative estimate of drug-likeness (QED) is 0.273. The summed E-state index contributed by atoms with van der Waals surface area (Å²) in [4.78, 5) is 12.9. The molecule has 3 unspecified atom stereocenters.